The Labute approximate surface area is 226 Å². The summed E-state index contributed by atoms with van der Waals surface area (Å²) in [5.74, 6) is 0.793. The zero-order valence-electron chi connectivity index (χ0n) is 20.8. The maximum Gasteiger partial charge on any atom is 0.266 e. The number of hydrogen-bond acceptors (Lipinski definition) is 5. The van der Waals surface area contributed by atoms with Gasteiger partial charge in [0.05, 0.1) is 17.2 Å². The molecule has 5 rings (SSSR count). The van der Waals surface area contributed by atoms with Crippen LogP contribution in [0.1, 0.15) is 23.6 Å². The second-order valence-corrected chi connectivity index (χ2v) is 10.4. The van der Waals surface area contributed by atoms with Crippen LogP contribution in [0.3, 0.4) is 0 Å². The lowest BCUT2D eigenvalue weighted by atomic mass is 10.0. The third-order valence-electron chi connectivity index (χ3n) is 6.14. The van der Waals surface area contributed by atoms with Crippen molar-refractivity contribution < 1.29 is 9.53 Å². The summed E-state index contributed by atoms with van der Waals surface area (Å²) in [4.78, 5) is 15.6. The van der Waals surface area contributed by atoms with Crippen molar-refractivity contribution in [3.8, 4) is 22.7 Å². The zero-order valence-corrected chi connectivity index (χ0v) is 22.4. The van der Waals surface area contributed by atoms with Gasteiger partial charge >= 0.3 is 0 Å². The van der Waals surface area contributed by atoms with Crippen molar-refractivity contribution in [3.63, 3.8) is 0 Å². The number of aromatic nitrogens is 2. The highest BCUT2D eigenvalue weighted by Gasteiger charge is 2.32. The van der Waals surface area contributed by atoms with E-state index in [0.29, 0.717) is 22.4 Å². The van der Waals surface area contributed by atoms with Crippen LogP contribution in [0.2, 0.25) is 0 Å². The minimum absolute atomic E-state index is 0.0628. The van der Waals surface area contributed by atoms with E-state index in [9.17, 15) is 4.79 Å². The van der Waals surface area contributed by atoms with Gasteiger partial charge in [-0.3, -0.25) is 9.69 Å². The number of carbonyl (C=O) groups is 1. The van der Waals surface area contributed by atoms with E-state index in [-0.39, 0.29) is 5.91 Å². The summed E-state index contributed by atoms with van der Waals surface area (Å²) < 4.78 is 8.16. The first-order valence-electron chi connectivity index (χ1n) is 12.2. The van der Waals surface area contributed by atoms with Crippen molar-refractivity contribution in [3.05, 3.63) is 107 Å². The van der Waals surface area contributed by atoms with Gasteiger partial charge in [0.2, 0.25) is 0 Å². The molecule has 2 heterocycles. The molecule has 0 saturated carbocycles. The first-order chi connectivity index (χ1) is 18.0. The Morgan fingerprint density at radius 1 is 1.03 bits per heavy atom. The number of rotatable bonds is 8. The van der Waals surface area contributed by atoms with Crippen molar-refractivity contribution >= 4 is 40.3 Å². The Kier molecular flexibility index (Phi) is 7.53. The molecule has 0 aliphatic carbocycles. The number of para-hydroxylation sites is 1. The smallest absolute Gasteiger partial charge is 0.266 e. The third kappa shape index (κ3) is 5.53. The van der Waals surface area contributed by atoms with E-state index in [2.05, 4.69) is 18.2 Å². The van der Waals surface area contributed by atoms with Gasteiger partial charge in [0.1, 0.15) is 15.8 Å². The Balaban J connectivity index is 1.48. The van der Waals surface area contributed by atoms with Gasteiger partial charge in [-0.25, -0.2) is 4.68 Å². The molecule has 186 valence electrons. The number of thiocarbonyl (C=S) groups is 1. The highest BCUT2D eigenvalue weighted by molar-refractivity contribution is 8.26. The van der Waals surface area contributed by atoms with Gasteiger partial charge in [0.25, 0.3) is 5.91 Å². The van der Waals surface area contributed by atoms with E-state index in [0.717, 1.165) is 40.2 Å². The summed E-state index contributed by atoms with van der Waals surface area (Å²) in [6.07, 6.45) is 4.63. The normalized spacial score (nSPS) is 14.5. The standard InChI is InChI=1S/C30H27N3O2S2/c1-3-35-26-15-14-23(18-21(26)2)28-24(20-33(31-28)25-12-8-5-9-13-25)19-27-29(34)32(30(36)37-27)17-16-22-10-6-4-7-11-22/h4-15,18-20H,3,16-17H2,1-2H3/b27-19-. The molecule has 1 aromatic heterocycles. The first kappa shape index (κ1) is 25.0. The van der Waals surface area contributed by atoms with Gasteiger partial charge in [0, 0.05) is 23.9 Å². The van der Waals surface area contributed by atoms with Crippen LogP contribution in [0.5, 0.6) is 5.75 Å². The predicted octanol–water partition coefficient (Wildman–Crippen LogP) is 6.69. The number of aryl methyl sites for hydroxylation is 1. The average Bonchev–Trinajstić information content (AvgIpc) is 3.45. The minimum atomic E-state index is -0.0628. The second kappa shape index (κ2) is 11.2. The molecular weight excluding hydrogens is 498 g/mol. The number of hydrogen-bond donors (Lipinski definition) is 0. The fraction of sp³-hybridized carbons (Fsp3) is 0.167. The van der Waals surface area contributed by atoms with Crippen LogP contribution in [0.15, 0.2) is 90.0 Å². The molecule has 1 amide bonds. The summed E-state index contributed by atoms with van der Waals surface area (Å²) in [6, 6.07) is 26.2. The summed E-state index contributed by atoms with van der Waals surface area (Å²) in [5, 5.41) is 4.91. The molecule has 1 aliphatic heterocycles. The maximum atomic E-state index is 13.3. The lowest BCUT2D eigenvalue weighted by Crippen LogP contribution is -2.30. The molecule has 0 unspecified atom stereocenters. The average molecular weight is 526 g/mol. The van der Waals surface area contributed by atoms with Crippen LogP contribution in [0.25, 0.3) is 23.0 Å². The molecule has 1 aliphatic rings. The number of thioether (sulfide) groups is 1. The number of amides is 1. The molecule has 0 bridgehead atoms. The van der Waals surface area contributed by atoms with Crippen molar-refractivity contribution in [1.82, 2.24) is 14.7 Å². The fourth-order valence-electron chi connectivity index (χ4n) is 4.26. The van der Waals surface area contributed by atoms with Crippen molar-refractivity contribution in [2.24, 2.45) is 0 Å². The molecule has 0 radical (unpaired) electrons. The van der Waals surface area contributed by atoms with Crippen molar-refractivity contribution in [2.45, 2.75) is 20.3 Å². The van der Waals surface area contributed by atoms with Gasteiger partial charge in [-0.15, -0.1) is 0 Å². The van der Waals surface area contributed by atoms with Crippen LogP contribution in [0, 0.1) is 6.92 Å². The minimum Gasteiger partial charge on any atom is -0.494 e. The molecule has 5 nitrogen and oxygen atoms in total. The SMILES string of the molecule is CCOc1ccc(-c2nn(-c3ccccc3)cc2/C=C2\SC(=S)N(CCc3ccccc3)C2=O)cc1C. The molecule has 1 saturated heterocycles. The Morgan fingerprint density at radius 3 is 2.46 bits per heavy atom. The second-order valence-electron chi connectivity index (χ2n) is 8.70. The van der Waals surface area contributed by atoms with E-state index in [4.69, 9.17) is 22.1 Å². The van der Waals surface area contributed by atoms with Crippen molar-refractivity contribution in [2.75, 3.05) is 13.2 Å². The first-order valence-corrected chi connectivity index (χ1v) is 13.4. The molecule has 3 aromatic carbocycles. The van der Waals surface area contributed by atoms with Crippen LogP contribution in [-0.4, -0.2) is 38.1 Å². The van der Waals surface area contributed by atoms with Gasteiger partial charge in [0.15, 0.2) is 0 Å². The van der Waals surface area contributed by atoms with E-state index < -0.39 is 0 Å². The molecule has 7 heteroatoms. The Hall–Kier alpha value is -3.68. The number of carbonyl (C=O) groups excluding carboxylic acids is 1. The molecule has 1 fully saturated rings. The van der Waals surface area contributed by atoms with E-state index in [1.807, 2.05) is 91.5 Å². The summed E-state index contributed by atoms with van der Waals surface area (Å²) in [7, 11) is 0. The van der Waals surface area contributed by atoms with Crippen LogP contribution in [-0.2, 0) is 11.2 Å². The maximum absolute atomic E-state index is 13.3. The van der Waals surface area contributed by atoms with E-state index >= 15 is 0 Å². The quantitative estimate of drug-likeness (QED) is 0.189. The lowest BCUT2D eigenvalue weighted by molar-refractivity contribution is -0.122. The fourth-order valence-corrected chi connectivity index (χ4v) is 5.56. The van der Waals surface area contributed by atoms with E-state index in [1.165, 1.54) is 17.3 Å². The Bertz CT molecular complexity index is 1460. The molecule has 0 spiro atoms. The van der Waals surface area contributed by atoms with Crippen LogP contribution >= 0.6 is 24.0 Å². The van der Waals surface area contributed by atoms with Gasteiger partial charge in [-0.1, -0.05) is 72.5 Å². The molecule has 0 atom stereocenters. The van der Waals surface area contributed by atoms with Crippen LogP contribution < -0.4 is 4.74 Å². The molecule has 37 heavy (non-hydrogen) atoms. The number of nitrogens with zero attached hydrogens (tertiary/aromatic N) is 3. The summed E-state index contributed by atoms with van der Waals surface area (Å²) >= 11 is 6.93. The summed E-state index contributed by atoms with van der Waals surface area (Å²) in [5.41, 5.74) is 5.77. The highest BCUT2D eigenvalue weighted by Crippen LogP contribution is 2.35. The lowest BCUT2D eigenvalue weighted by Gasteiger charge is -2.14. The topological polar surface area (TPSA) is 47.4 Å². The molecule has 0 N–H and O–H groups in total. The molecular formula is C30H27N3O2S2. The van der Waals surface area contributed by atoms with Gasteiger partial charge in [-0.05, 0) is 67.8 Å². The number of benzene rings is 3. The monoisotopic (exact) mass is 525 g/mol. The highest BCUT2D eigenvalue weighted by atomic mass is 32.2. The van der Waals surface area contributed by atoms with Gasteiger partial charge < -0.3 is 4.74 Å². The largest absolute Gasteiger partial charge is 0.494 e. The number of ether oxygens (including phenoxy) is 1. The Morgan fingerprint density at radius 2 is 1.76 bits per heavy atom. The van der Waals surface area contributed by atoms with E-state index in [1.54, 1.807) is 4.90 Å². The third-order valence-corrected chi connectivity index (χ3v) is 7.52. The predicted molar refractivity (Wildman–Crippen MR) is 155 cm³/mol. The van der Waals surface area contributed by atoms with Gasteiger partial charge in [-0.2, -0.15) is 5.10 Å². The summed E-state index contributed by atoms with van der Waals surface area (Å²) in [6.45, 7) is 5.17. The molecule has 4 aromatic rings. The van der Waals surface area contributed by atoms with Crippen LogP contribution in [0.4, 0.5) is 0 Å². The van der Waals surface area contributed by atoms with Crippen molar-refractivity contribution in [1.29, 1.82) is 0 Å². The zero-order chi connectivity index (χ0) is 25.8.